The molecule has 0 saturated carbocycles. The first kappa shape index (κ1) is 10.9. The standard InChI is InChI=1S/C16H16N2/c17-14-8-4-7-13-12(9-10-15(18)16(13)14)11-5-2-1-3-6-11/h1-3,5-7,9-10H,4,8,17-18H2. The van der Waals surface area contributed by atoms with Crippen LogP contribution in [0.25, 0.3) is 22.9 Å². The summed E-state index contributed by atoms with van der Waals surface area (Å²) < 4.78 is 0. The molecule has 1 aliphatic rings. The highest BCUT2D eigenvalue weighted by atomic mass is 14.6. The van der Waals surface area contributed by atoms with E-state index in [1.54, 1.807) is 0 Å². The number of benzene rings is 2. The van der Waals surface area contributed by atoms with Gasteiger partial charge in [-0.25, -0.2) is 0 Å². The van der Waals surface area contributed by atoms with Crippen molar-refractivity contribution in [2.45, 2.75) is 12.8 Å². The van der Waals surface area contributed by atoms with Crippen LogP contribution in [0.2, 0.25) is 0 Å². The molecular formula is C16H16N2. The van der Waals surface area contributed by atoms with Crippen LogP contribution in [-0.2, 0) is 0 Å². The molecular weight excluding hydrogens is 220 g/mol. The minimum atomic E-state index is 0.776. The lowest BCUT2D eigenvalue weighted by molar-refractivity contribution is 1.05. The van der Waals surface area contributed by atoms with Crippen LogP contribution in [0, 0.1) is 0 Å². The molecule has 4 N–H and O–H groups in total. The molecule has 0 amide bonds. The maximum Gasteiger partial charge on any atom is 0.0411 e. The third-order valence-corrected chi connectivity index (χ3v) is 3.45. The van der Waals surface area contributed by atoms with E-state index < -0.39 is 0 Å². The van der Waals surface area contributed by atoms with Gasteiger partial charge in [-0.15, -0.1) is 0 Å². The molecule has 3 rings (SSSR count). The van der Waals surface area contributed by atoms with Crippen molar-refractivity contribution in [3.8, 4) is 11.1 Å². The summed E-state index contributed by atoms with van der Waals surface area (Å²) in [7, 11) is 0. The molecule has 0 fully saturated rings. The molecule has 0 spiro atoms. The first-order valence-corrected chi connectivity index (χ1v) is 6.20. The molecule has 2 nitrogen and oxygen atoms in total. The van der Waals surface area contributed by atoms with Crippen LogP contribution in [0.1, 0.15) is 12.8 Å². The van der Waals surface area contributed by atoms with E-state index in [0.29, 0.717) is 0 Å². The van der Waals surface area contributed by atoms with Gasteiger partial charge >= 0.3 is 0 Å². The summed E-state index contributed by atoms with van der Waals surface area (Å²) in [6, 6.07) is 14.4. The number of hydrogen-bond donors (Lipinski definition) is 2. The van der Waals surface area contributed by atoms with Gasteiger partial charge in [-0.05, 0) is 35.3 Å². The molecule has 0 heterocycles. The van der Waals surface area contributed by atoms with Crippen molar-refractivity contribution >= 4 is 17.5 Å². The molecule has 18 heavy (non-hydrogen) atoms. The van der Waals surface area contributed by atoms with E-state index in [4.69, 9.17) is 11.5 Å². The van der Waals surface area contributed by atoms with Crippen molar-refractivity contribution in [3.63, 3.8) is 0 Å². The molecule has 0 aromatic heterocycles. The molecule has 2 heteroatoms. The lowest BCUT2D eigenvalue weighted by Crippen LogP contribution is -2.36. The van der Waals surface area contributed by atoms with Gasteiger partial charge in [-0.2, -0.15) is 0 Å². The van der Waals surface area contributed by atoms with Crippen molar-refractivity contribution in [2.24, 2.45) is 5.73 Å². The number of rotatable bonds is 1. The molecule has 0 radical (unpaired) electrons. The van der Waals surface area contributed by atoms with Crippen LogP contribution in [0.4, 0.5) is 5.69 Å². The summed E-state index contributed by atoms with van der Waals surface area (Å²) in [6.45, 7) is 0. The zero-order valence-corrected chi connectivity index (χ0v) is 10.2. The van der Waals surface area contributed by atoms with E-state index >= 15 is 0 Å². The van der Waals surface area contributed by atoms with Gasteiger partial charge in [0.25, 0.3) is 0 Å². The Hall–Kier alpha value is -2.22. The fraction of sp³-hybridized carbons (Fsp3) is 0.125. The van der Waals surface area contributed by atoms with Crippen LogP contribution in [0.5, 0.6) is 0 Å². The summed E-state index contributed by atoms with van der Waals surface area (Å²) in [5.74, 6) is 0. The Morgan fingerprint density at radius 2 is 1.67 bits per heavy atom. The number of nitrogens with two attached hydrogens (primary N) is 2. The van der Waals surface area contributed by atoms with Gasteiger partial charge in [0.2, 0.25) is 0 Å². The van der Waals surface area contributed by atoms with Crippen molar-refractivity contribution in [1.82, 2.24) is 0 Å². The van der Waals surface area contributed by atoms with Crippen LogP contribution in [0.3, 0.4) is 0 Å². The fourth-order valence-electron chi connectivity index (χ4n) is 2.57. The van der Waals surface area contributed by atoms with Crippen molar-refractivity contribution in [2.75, 3.05) is 5.73 Å². The largest absolute Gasteiger partial charge is 0.401 e. The number of nitrogen functional groups attached to an aromatic ring is 1. The fourth-order valence-corrected chi connectivity index (χ4v) is 2.57. The van der Waals surface area contributed by atoms with Gasteiger partial charge < -0.3 is 11.5 Å². The lowest BCUT2D eigenvalue weighted by atomic mass is 9.95. The quantitative estimate of drug-likeness (QED) is 0.739. The third-order valence-electron chi connectivity index (χ3n) is 3.45. The Bertz CT molecular complexity index is 700. The summed E-state index contributed by atoms with van der Waals surface area (Å²) in [5, 5.41) is 2.22. The predicted molar refractivity (Wildman–Crippen MR) is 76.8 cm³/mol. The van der Waals surface area contributed by atoms with Crippen molar-refractivity contribution in [3.05, 3.63) is 52.9 Å². The van der Waals surface area contributed by atoms with Crippen LogP contribution in [0.15, 0.2) is 42.5 Å². The number of fused-ring (bicyclic) bond motifs is 1. The molecule has 2 aromatic carbocycles. The summed E-state index contributed by atoms with van der Waals surface area (Å²) in [5.41, 5.74) is 16.3. The molecule has 0 atom stereocenters. The highest BCUT2D eigenvalue weighted by molar-refractivity contribution is 5.71. The predicted octanol–water partition coefficient (Wildman–Crippen LogP) is 1.58. The van der Waals surface area contributed by atoms with E-state index in [9.17, 15) is 0 Å². The summed E-state index contributed by atoms with van der Waals surface area (Å²) in [4.78, 5) is 0. The molecule has 2 aromatic rings. The van der Waals surface area contributed by atoms with Crippen LogP contribution in [-0.4, -0.2) is 0 Å². The van der Waals surface area contributed by atoms with Crippen molar-refractivity contribution < 1.29 is 0 Å². The molecule has 0 saturated heterocycles. The molecule has 0 aliphatic heterocycles. The Kier molecular flexibility index (Phi) is 2.56. The van der Waals surface area contributed by atoms with E-state index in [1.165, 1.54) is 16.3 Å². The average Bonchev–Trinajstić information content (AvgIpc) is 2.40. The van der Waals surface area contributed by atoms with E-state index in [-0.39, 0.29) is 0 Å². The van der Waals surface area contributed by atoms with E-state index in [2.05, 4.69) is 24.3 Å². The smallest absolute Gasteiger partial charge is 0.0411 e. The van der Waals surface area contributed by atoms with Gasteiger partial charge in [-0.1, -0.05) is 42.5 Å². The SMILES string of the molecule is NC1=c2c(N)ccc(-c3ccccc3)c2=CCC1. The Balaban J connectivity index is 2.40. The zero-order chi connectivity index (χ0) is 12.5. The Labute approximate surface area is 106 Å². The summed E-state index contributed by atoms with van der Waals surface area (Å²) in [6.07, 6.45) is 4.13. The second-order valence-electron chi connectivity index (χ2n) is 4.63. The first-order valence-electron chi connectivity index (χ1n) is 6.20. The molecule has 1 aliphatic carbocycles. The first-order chi connectivity index (χ1) is 8.77. The van der Waals surface area contributed by atoms with Gasteiger partial charge in [0, 0.05) is 16.6 Å². The number of hydrogen-bond acceptors (Lipinski definition) is 2. The van der Waals surface area contributed by atoms with Gasteiger partial charge in [-0.3, -0.25) is 0 Å². The van der Waals surface area contributed by atoms with Crippen LogP contribution >= 0.6 is 0 Å². The number of anilines is 1. The monoisotopic (exact) mass is 236 g/mol. The zero-order valence-electron chi connectivity index (χ0n) is 10.2. The third kappa shape index (κ3) is 1.66. The van der Waals surface area contributed by atoms with Crippen LogP contribution < -0.4 is 21.9 Å². The van der Waals surface area contributed by atoms with Gasteiger partial charge in [0.1, 0.15) is 0 Å². The second kappa shape index (κ2) is 4.22. The van der Waals surface area contributed by atoms with Gasteiger partial charge in [0.05, 0.1) is 0 Å². The van der Waals surface area contributed by atoms with Gasteiger partial charge in [0.15, 0.2) is 0 Å². The maximum absolute atomic E-state index is 6.11. The highest BCUT2D eigenvalue weighted by Crippen LogP contribution is 2.16. The lowest BCUT2D eigenvalue weighted by Gasteiger charge is -2.12. The molecule has 0 unspecified atom stereocenters. The highest BCUT2D eigenvalue weighted by Gasteiger charge is 2.08. The van der Waals surface area contributed by atoms with E-state index in [0.717, 1.165) is 29.4 Å². The Morgan fingerprint density at radius 1 is 0.889 bits per heavy atom. The van der Waals surface area contributed by atoms with E-state index in [1.807, 2.05) is 24.3 Å². The molecule has 0 bridgehead atoms. The average molecular weight is 236 g/mol. The van der Waals surface area contributed by atoms with Crippen molar-refractivity contribution in [1.29, 1.82) is 0 Å². The normalized spacial score (nSPS) is 13.9. The molecule has 90 valence electrons. The minimum absolute atomic E-state index is 0.776. The minimum Gasteiger partial charge on any atom is -0.401 e. The maximum atomic E-state index is 6.11. The summed E-state index contributed by atoms with van der Waals surface area (Å²) >= 11 is 0. The topological polar surface area (TPSA) is 52.0 Å². The Morgan fingerprint density at radius 3 is 2.44 bits per heavy atom. The second-order valence-corrected chi connectivity index (χ2v) is 4.63.